The van der Waals surface area contributed by atoms with Crippen molar-refractivity contribution < 1.29 is 5.11 Å². The van der Waals surface area contributed by atoms with Crippen molar-refractivity contribution in [3.8, 4) is 0 Å². The van der Waals surface area contributed by atoms with Gasteiger partial charge >= 0.3 is 0 Å². The molecule has 0 aliphatic heterocycles. The zero-order chi connectivity index (χ0) is 16.3. The third-order valence-electron chi connectivity index (χ3n) is 4.28. The second kappa shape index (κ2) is 6.35. The predicted octanol–water partition coefficient (Wildman–Crippen LogP) is 4.43. The van der Waals surface area contributed by atoms with Crippen LogP contribution in [0.3, 0.4) is 0 Å². The highest BCUT2D eigenvalue weighted by Crippen LogP contribution is 2.40. The van der Waals surface area contributed by atoms with E-state index in [4.69, 9.17) is 0 Å². The van der Waals surface area contributed by atoms with E-state index in [9.17, 15) is 5.11 Å². The molecule has 0 aliphatic rings. The van der Waals surface area contributed by atoms with Crippen LogP contribution in [0.1, 0.15) is 35.2 Å². The summed E-state index contributed by atoms with van der Waals surface area (Å²) < 4.78 is 0. The van der Waals surface area contributed by atoms with Crippen LogP contribution in [-0.2, 0) is 5.60 Å². The molecular weight excluding hydrogens is 282 g/mol. The van der Waals surface area contributed by atoms with Gasteiger partial charge in [-0.15, -0.1) is 0 Å². The second-order valence-electron chi connectivity index (χ2n) is 6.12. The number of rotatable bonds is 4. The molecule has 1 N–H and O–H groups in total. The summed E-state index contributed by atoms with van der Waals surface area (Å²) >= 11 is 0. The van der Waals surface area contributed by atoms with Crippen LogP contribution in [0.4, 0.5) is 0 Å². The standard InChI is InChI=1S/C21H21NO/c1-16-9-8-12-18(15-16)21(2,23)20(17-10-4-3-5-11-17)19-13-6-7-14-22-19/h3-15,20,23H,1-2H3/t20-,21+/m1/s1. The van der Waals surface area contributed by atoms with Gasteiger partial charge in [-0.25, -0.2) is 0 Å². The maximum Gasteiger partial charge on any atom is 0.0992 e. The molecule has 1 aromatic heterocycles. The summed E-state index contributed by atoms with van der Waals surface area (Å²) in [6.45, 7) is 3.91. The van der Waals surface area contributed by atoms with Crippen molar-refractivity contribution in [1.82, 2.24) is 4.98 Å². The molecule has 2 aromatic carbocycles. The van der Waals surface area contributed by atoms with Crippen molar-refractivity contribution in [3.63, 3.8) is 0 Å². The largest absolute Gasteiger partial charge is 0.384 e. The fraction of sp³-hybridized carbons (Fsp3) is 0.190. The summed E-state index contributed by atoms with van der Waals surface area (Å²) in [4.78, 5) is 4.51. The normalized spacial score (nSPS) is 14.9. The Hall–Kier alpha value is -2.45. The molecule has 2 nitrogen and oxygen atoms in total. The van der Waals surface area contributed by atoms with Gasteiger partial charge in [0.25, 0.3) is 0 Å². The predicted molar refractivity (Wildman–Crippen MR) is 93.3 cm³/mol. The number of pyridine rings is 1. The van der Waals surface area contributed by atoms with E-state index in [-0.39, 0.29) is 5.92 Å². The fourth-order valence-corrected chi connectivity index (χ4v) is 3.10. The Morgan fingerprint density at radius 3 is 2.30 bits per heavy atom. The van der Waals surface area contributed by atoms with Gasteiger partial charge in [0.05, 0.1) is 17.2 Å². The molecule has 3 rings (SSSR count). The van der Waals surface area contributed by atoms with Gasteiger partial charge in [0.1, 0.15) is 0 Å². The van der Waals surface area contributed by atoms with Gasteiger partial charge in [-0.05, 0) is 37.1 Å². The molecule has 0 saturated heterocycles. The average molecular weight is 303 g/mol. The van der Waals surface area contributed by atoms with Crippen LogP contribution in [0, 0.1) is 6.92 Å². The Kier molecular flexibility index (Phi) is 4.26. The molecule has 2 heteroatoms. The minimum absolute atomic E-state index is 0.230. The topological polar surface area (TPSA) is 33.1 Å². The molecule has 0 saturated carbocycles. The third kappa shape index (κ3) is 3.17. The van der Waals surface area contributed by atoms with Gasteiger partial charge in [-0.3, -0.25) is 4.98 Å². The molecule has 2 atom stereocenters. The molecule has 0 spiro atoms. The molecule has 1 heterocycles. The smallest absolute Gasteiger partial charge is 0.0992 e. The van der Waals surface area contributed by atoms with Crippen molar-refractivity contribution in [2.24, 2.45) is 0 Å². The van der Waals surface area contributed by atoms with E-state index in [0.29, 0.717) is 0 Å². The number of nitrogens with zero attached hydrogens (tertiary/aromatic N) is 1. The van der Waals surface area contributed by atoms with Gasteiger partial charge in [0.15, 0.2) is 0 Å². The Bertz CT molecular complexity index is 727. The minimum atomic E-state index is -1.05. The molecule has 3 aromatic rings. The monoisotopic (exact) mass is 303 g/mol. The second-order valence-corrected chi connectivity index (χ2v) is 6.12. The van der Waals surface area contributed by atoms with E-state index >= 15 is 0 Å². The molecule has 0 radical (unpaired) electrons. The summed E-state index contributed by atoms with van der Waals surface area (Å²) in [6.07, 6.45) is 1.78. The first-order chi connectivity index (χ1) is 11.1. The summed E-state index contributed by atoms with van der Waals surface area (Å²) in [5.74, 6) is -0.230. The first-order valence-electron chi connectivity index (χ1n) is 7.84. The Morgan fingerprint density at radius 1 is 0.913 bits per heavy atom. The number of aliphatic hydroxyl groups is 1. The van der Waals surface area contributed by atoms with Gasteiger partial charge in [0.2, 0.25) is 0 Å². The van der Waals surface area contributed by atoms with Crippen LogP contribution in [0.25, 0.3) is 0 Å². The highest BCUT2D eigenvalue weighted by molar-refractivity contribution is 5.38. The zero-order valence-electron chi connectivity index (χ0n) is 13.5. The molecule has 116 valence electrons. The van der Waals surface area contributed by atoms with Crippen molar-refractivity contribution in [2.75, 3.05) is 0 Å². The summed E-state index contributed by atoms with van der Waals surface area (Å²) in [5, 5.41) is 11.4. The number of benzene rings is 2. The van der Waals surface area contributed by atoms with Crippen molar-refractivity contribution >= 4 is 0 Å². The Labute approximate surface area is 137 Å². The maximum atomic E-state index is 11.4. The van der Waals surface area contributed by atoms with Crippen LogP contribution in [-0.4, -0.2) is 10.1 Å². The maximum absolute atomic E-state index is 11.4. The lowest BCUT2D eigenvalue weighted by atomic mass is 9.76. The van der Waals surface area contributed by atoms with E-state index in [2.05, 4.69) is 4.98 Å². The van der Waals surface area contributed by atoms with Gasteiger partial charge in [0, 0.05) is 6.20 Å². The minimum Gasteiger partial charge on any atom is -0.384 e. The first kappa shape index (κ1) is 15.4. The summed E-state index contributed by atoms with van der Waals surface area (Å²) in [7, 11) is 0. The van der Waals surface area contributed by atoms with Crippen molar-refractivity contribution in [2.45, 2.75) is 25.4 Å². The fourth-order valence-electron chi connectivity index (χ4n) is 3.10. The SMILES string of the molecule is Cc1cccc([C@](C)(O)[C@H](c2ccccc2)c2ccccn2)c1. The van der Waals surface area contributed by atoms with E-state index in [1.54, 1.807) is 6.20 Å². The van der Waals surface area contributed by atoms with E-state index in [1.807, 2.05) is 86.6 Å². The lowest BCUT2D eigenvalue weighted by molar-refractivity contribution is 0.0380. The van der Waals surface area contributed by atoms with Crippen LogP contribution in [0.5, 0.6) is 0 Å². The van der Waals surface area contributed by atoms with E-state index < -0.39 is 5.60 Å². The first-order valence-corrected chi connectivity index (χ1v) is 7.84. The average Bonchev–Trinajstić information content (AvgIpc) is 2.57. The van der Waals surface area contributed by atoms with Crippen molar-refractivity contribution in [3.05, 3.63) is 101 Å². The molecule has 0 unspecified atom stereocenters. The number of hydrogen-bond acceptors (Lipinski definition) is 2. The quantitative estimate of drug-likeness (QED) is 0.773. The van der Waals surface area contributed by atoms with Crippen molar-refractivity contribution in [1.29, 1.82) is 0 Å². The summed E-state index contributed by atoms with van der Waals surface area (Å²) in [5.41, 5.74) is 2.90. The van der Waals surface area contributed by atoms with Crippen LogP contribution < -0.4 is 0 Å². The van der Waals surface area contributed by atoms with Crippen LogP contribution in [0.2, 0.25) is 0 Å². The van der Waals surface area contributed by atoms with Crippen LogP contribution >= 0.6 is 0 Å². The number of aromatic nitrogens is 1. The van der Waals surface area contributed by atoms with E-state index in [0.717, 1.165) is 22.4 Å². The molecule has 0 amide bonds. The Morgan fingerprint density at radius 2 is 1.65 bits per heavy atom. The van der Waals surface area contributed by atoms with Gasteiger partial charge in [-0.1, -0.05) is 66.2 Å². The molecule has 23 heavy (non-hydrogen) atoms. The lowest BCUT2D eigenvalue weighted by Crippen LogP contribution is -2.31. The molecular formula is C21H21NO. The van der Waals surface area contributed by atoms with Crippen LogP contribution in [0.15, 0.2) is 79.0 Å². The van der Waals surface area contributed by atoms with Gasteiger partial charge in [-0.2, -0.15) is 0 Å². The summed E-state index contributed by atoms with van der Waals surface area (Å²) in [6, 6.07) is 23.9. The lowest BCUT2D eigenvalue weighted by Gasteiger charge is -2.34. The Balaban J connectivity index is 2.15. The third-order valence-corrected chi connectivity index (χ3v) is 4.28. The number of aryl methyl sites for hydroxylation is 1. The highest BCUT2D eigenvalue weighted by atomic mass is 16.3. The highest BCUT2D eigenvalue weighted by Gasteiger charge is 2.37. The number of hydrogen-bond donors (Lipinski definition) is 1. The molecule has 0 fully saturated rings. The zero-order valence-corrected chi connectivity index (χ0v) is 13.5. The molecule has 0 aliphatic carbocycles. The van der Waals surface area contributed by atoms with Gasteiger partial charge < -0.3 is 5.11 Å². The van der Waals surface area contributed by atoms with E-state index in [1.165, 1.54) is 0 Å². The molecule has 0 bridgehead atoms.